The Morgan fingerprint density at radius 3 is 2.45 bits per heavy atom. The van der Waals surface area contributed by atoms with Crippen LogP contribution in [0, 0.1) is 5.92 Å². The van der Waals surface area contributed by atoms with Gasteiger partial charge in [-0.1, -0.05) is 13.8 Å². The normalized spacial score (nSPS) is 29.7. The second-order valence-electron chi connectivity index (χ2n) is 4.25. The van der Waals surface area contributed by atoms with E-state index in [0.29, 0.717) is 4.75 Å². The molecule has 0 aromatic heterocycles. The summed E-state index contributed by atoms with van der Waals surface area (Å²) in [5.74, 6) is 2.18. The van der Waals surface area contributed by atoms with E-state index in [4.69, 9.17) is 0 Å². The first-order valence-corrected chi connectivity index (χ1v) is 6.22. The van der Waals surface area contributed by atoms with Crippen LogP contribution >= 0.6 is 23.5 Å². The van der Waals surface area contributed by atoms with Gasteiger partial charge < -0.3 is 0 Å². The highest BCUT2D eigenvalue weighted by atomic mass is 32.2. The van der Waals surface area contributed by atoms with Crippen molar-refractivity contribution in [2.45, 2.75) is 43.4 Å². The molecule has 0 aromatic rings. The minimum atomic E-state index is 0.532. The molecule has 0 spiro atoms. The molecule has 66 valence electrons. The van der Waals surface area contributed by atoms with E-state index in [0.717, 1.165) is 10.5 Å². The number of rotatable bonds is 2. The number of hydrogen-bond acceptors (Lipinski definition) is 2. The molecule has 1 atom stereocenters. The summed E-state index contributed by atoms with van der Waals surface area (Å²) < 4.78 is 1.40. The van der Waals surface area contributed by atoms with Crippen LogP contribution in [-0.2, 0) is 0 Å². The van der Waals surface area contributed by atoms with Gasteiger partial charge in [-0.05, 0) is 26.2 Å². The molecule has 0 unspecified atom stereocenters. The molecule has 0 radical (unpaired) electrons. The van der Waals surface area contributed by atoms with E-state index in [1.807, 2.05) is 0 Å². The fraction of sp³-hybridized carbons (Fsp3) is 1.00. The van der Waals surface area contributed by atoms with E-state index in [-0.39, 0.29) is 0 Å². The van der Waals surface area contributed by atoms with Gasteiger partial charge in [-0.3, -0.25) is 0 Å². The fourth-order valence-electron chi connectivity index (χ4n) is 1.22. The number of hydrogen-bond donors (Lipinski definition) is 0. The third-order valence-corrected chi connectivity index (χ3v) is 5.30. The van der Waals surface area contributed by atoms with Crippen molar-refractivity contribution in [2.24, 2.45) is 5.92 Å². The summed E-state index contributed by atoms with van der Waals surface area (Å²) >= 11 is 4.30. The standard InChI is InChI=1S/C9H18S2/c1-7(2)5-8-10-6-9(3,4)11-8/h7-8H,5-6H2,1-4H3/t8-/m0/s1. The molecule has 1 aliphatic heterocycles. The lowest BCUT2D eigenvalue weighted by Gasteiger charge is -2.16. The van der Waals surface area contributed by atoms with Crippen LogP contribution in [0.15, 0.2) is 0 Å². The van der Waals surface area contributed by atoms with Crippen LogP contribution < -0.4 is 0 Å². The van der Waals surface area contributed by atoms with Crippen LogP contribution in [-0.4, -0.2) is 15.1 Å². The van der Waals surface area contributed by atoms with Gasteiger partial charge in [0.05, 0.1) is 4.58 Å². The molecule has 0 bridgehead atoms. The Hall–Kier alpha value is 0.700. The van der Waals surface area contributed by atoms with Crippen LogP contribution in [0.25, 0.3) is 0 Å². The SMILES string of the molecule is CC(C)C[C@H]1SCC(C)(C)S1. The topological polar surface area (TPSA) is 0 Å². The smallest absolute Gasteiger partial charge is 0.0511 e. The summed E-state index contributed by atoms with van der Waals surface area (Å²) in [5.41, 5.74) is 0. The van der Waals surface area contributed by atoms with Crippen molar-refractivity contribution in [3.8, 4) is 0 Å². The zero-order chi connectivity index (χ0) is 8.48. The largest absolute Gasteiger partial charge is 0.146 e. The average Bonchev–Trinajstić information content (AvgIpc) is 2.08. The van der Waals surface area contributed by atoms with Gasteiger partial charge >= 0.3 is 0 Å². The molecule has 11 heavy (non-hydrogen) atoms. The Bertz CT molecular complexity index is 130. The van der Waals surface area contributed by atoms with Crippen LogP contribution in [0.5, 0.6) is 0 Å². The fourth-order valence-corrected chi connectivity index (χ4v) is 5.25. The summed E-state index contributed by atoms with van der Waals surface area (Å²) in [7, 11) is 0. The van der Waals surface area contributed by atoms with Crippen molar-refractivity contribution in [1.82, 2.24) is 0 Å². The van der Waals surface area contributed by atoms with Gasteiger partial charge in [0.1, 0.15) is 0 Å². The lowest BCUT2D eigenvalue weighted by atomic mass is 10.2. The molecular weight excluding hydrogens is 172 g/mol. The third kappa shape index (κ3) is 3.29. The first kappa shape index (κ1) is 9.79. The van der Waals surface area contributed by atoms with Crippen molar-refractivity contribution in [3.63, 3.8) is 0 Å². The highest BCUT2D eigenvalue weighted by Gasteiger charge is 2.32. The molecule has 0 nitrogen and oxygen atoms in total. The number of thioether (sulfide) groups is 2. The maximum absolute atomic E-state index is 2.35. The van der Waals surface area contributed by atoms with Crippen molar-refractivity contribution >= 4 is 23.5 Å². The monoisotopic (exact) mass is 190 g/mol. The van der Waals surface area contributed by atoms with Gasteiger partial charge in [-0.2, -0.15) is 0 Å². The summed E-state index contributed by atoms with van der Waals surface area (Å²) in [6.45, 7) is 9.33. The van der Waals surface area contributed by atoms with Crippen molar-refractivity contribution in [3.05, 3.63) is 0 Å². The second-order valence-corrected chi connectivity index (χ2v) is 7.65. The summed E-state index contributed by atoms with van der Waals surface area (Å²) in [5, 5.41) is 0. The zero-order valence-corrected chi connectivity index (χ0v) is 9.52. The highest BCUT2D eigenvalue weighted by molar-refractivity contribution is 8.20. The van der Waals surface area contributed by atoms with Crippen molar-refractivity contribution < 1.29 is 0 Å². The Morgan fingerprint density at radius 1 is 1.45 bits per heavy atom. The van der Waals surface area contributed by atoms with E-state index in [1.54, 1.807) is 0 Å². The van der Waals surface area contributed by atoms with Gasteiger partial charge in [0, 0.05) is 10.5 Å². The Balaban J connectivity index is 2.31. The van der Waals surface area contributed by atoms with E-state index in [9.17, 15) is 0 Å². The Morgan fingerprint density at radius 2 is 2.09 bits per heavy atom. The second kappa shape index (κ2) is 3.61. The van der Waals surface area contributed by atoms with Crippen molar-refractivity contribution in [2.75, 3.05) is 5.75 Å². The van der Waals surface area contributed by atoms with Gasteiger partial charge in [0.15, 0.2) is 0 Å². The van der Waals surface area contributed by atoms with Gasteiger partial charge in [0.2, 0.25) is 0 Å². The zero-order valence-electron chi connectivity index (χ0n) is 7.89. The van der Waals surface area contributed by atoms with Crippen LogP contribution in [0.2, 0.25) is 0 Å². The maximum atomic E-state index is 2.35. The Kier molecular flexibility index (Phi) is 3.21. The van der Waals surface area contributed by atoms with E-state index in [2.05, 4.69) is 51.2 Å². The predicted molar refractivity (Wildman–Crippen MR) is 57.4 cm³/mol. The predicted octanol–water partition coefficient (Wildman–Crippen LogP) is 3.62. The van der Waals surface area contributed by atoms with Gasteiger partial charge in [-0.25, -0.2) is 0 Å². The molecule has 0 aromatic carbocycles. The summed E-state index contributed by atoms with van der Waals surface area (Å²) in [4.78, 5) is 0. The first-order chi connectivity index (χ1) is 4.99. The Labute approximate surface area is 78.9 Å². The molecular formula is C9H18S2. The van der Waals surface area contributed by atoms with E-state index < -0.39 is 0 Å². The molecule has 2 heteroatoms. The van der Waals surface area contributed by atoms with Crippen LogP contribution in [0.1, 0.15) is 34.1 Å². The van der Waals surface area contributed by atoms with Crippen LogP contribution in [0.3, 0.4) is 0 Å². The molecule has 1 saturated heterocycles. The van der Waals surface area contributed by atoms with E-state index >= 15 is 0 Å². The van der Waals surface area contributed by atoms with Crippen molar-refractivity contribution in [1.29, 1.82) is 0 Å². The lowest BCUT2D eigenvalue weighted by molar-refractivity contribution is 0.620. The first-order valence-electron chi connectivity index (χ1n) is 4.29. The molecule has 1 rings (SSSR count). The summed E-state index contributed by atoms with van der Waals surface area (Å²) in [6.07, 6.45) is 1.37. The third-order valence-electron chi connectivity index (χ3n) is 1.73. The average molecular weight is 190 g/mol. The lowest BCUT2D eigenvalue weighted by Crippen LogP contribution is -2.12. The van der Waals surface area contributed by atoms with Crippen LogP contribution in [0.4, 0.5) is 0 Å². The quantitative estimate of drug-likeness (QED) is 0.652. The minimum Gasteiger partial charge on any atom is -0.146 e. The molecule has 0 N–H and O–H groups in total. The molecule has 0 aliphatic carbocycles. The van der Waals surface area contributed by atoms with Gasteiger partial charge in [0.25, 0.3) is 0 Å². The molecule has 0 saturated carbocycles. The molecule has 1 fully saturated rings. The minimum absolute atomic E-state index is 0.532. The summed E-state index contributed by atoms with van der Waals surface area (Å²) in [6, 6.07) is 0. The van der Waals surface area contributed by atoms with Gasteiger partial charge in [-0.15, -0.1) is 23.5 Å². The van der Waals surface area contributed by atoms with E-state index in [1.165, 1.54) is 12.2 Å². The highest BCUT2D eigenvalue weighted by Crippen LogP contribution is 2.47. The maximum Gasteiger partial charge on any atom is 0.0511 e. The molecule has 0 amide bonds. The molecule has 1 heterocycles. The molecule has 1 aliphatic rings.